The highest BCUT2D eigenvalue weighted by molar-refractivity contribution is 5.91. The van der Waals surface area contributed by atoms with Gasteiger partial charge in [-0.2, -0.15) is 4.98 Å². The summed E-state index contributed by atoms with van der Waals surface area (Å²) in [4.78, 5) is 28.4. The quantitative estimate of drug-likeness (QED) is 0.191. The van der Waals surface area contributed by atoms with E-state index in [1.54, 1.807) is 0 Å². The van der Waals surface area contributed by atoms with Gasteiger partial charge in [-0.05, 0) is 80.4 Å². The Morgan fingerprint density at radius 2 is 1.62 bits per heavy atom. The summed E-state index contributed by atoms with van der Waals surface area (Å²) in [6.07, 6.45) is 5.28. The number of nitrogens with one attached hydrogen (secondary N) is 2. The van der Waals surface area contributed by atoms with Gasteiger partial charge in [-0.1, -0.05) is 30.8 Å². The van der Waals surface area contributed by atoms with Gasteiger partial charge in [-0.25, -0.2) is 9.37 Å². The first kappa shape index (κ1) is 30.3. The lowest BCUT2D eigenvalue weighted by molar-refractivity contribution is -0.114. The molecule has 2 aliphatic rings. The molecule has 2 saturated heterocycles. The van der Waals surface area contributed by atoms with Crippen LogP contribution in [0.25, 0.3) is 11.3 Å². The first-order chi connectivity index (χ1) is 21.9. The number of piperazine rings is 1. The number of carbonyl (C=O) groups excluding carboxylic acids is 1. The van der Waals surface area contributed by atoms with Crippen LogP contribution in [0, 0.1) is 5.82 Å². The second-order valence-electron chi connectivity index (χ2n) is 11.8. The molecule has 45 heavy (non-hydrogen) atoms. The van der Waals surface area contributed by atoms with Crippen LogP contribution < -0.4 is 20.4 Å². The summed E-state index contributed by atoms with van der Waals surface area (Å²) in [6, 6.07) is 23.1. The SMILES string of the molecule is C=CC(=O)Cc1cccc(-c2cc(Nc3ccc(N4CCN(C)CC4)c(F)c3)nc(Nc3cccc(N4CCCCC4)c3)n2)c1. The van der Waals surface area contributed by atoms with E-state index >= 15 is 4.39 Å². The molecule has 0 atom stereocenters. The number of nitrogens with zero attached hydrogens (tertiary/aromatic N) is 5. The monoisotopic (exact) mass is 605 g/mol. The smallest absolute Gasteiger partial charge is 0.229 e. The van der Waals surface area contributed by atoms with E-state index in [1.807, 2.05) is 54.6 Å². The molecule has 8 nitrogen and oxygen atoms in total. The van der Waals surface area contributed by atoms with Gasteiger partial charge in [0, 0.05) is 74.4 Å². The van der Waals surface area contributed by atoms with Crippen molar-refractivity contribution >= 4 is 40.3 Å². The molecule has 0 saturated carbocycles. The van der Waals surface area contributed by atoms with Gasteiger partial charge in [0.25, 0.3) is 0 Å². The Balaban J connectivity index is 1.30. The fourth-order valence-corrected chi connectivity index (χ4v) is 5.93. The minimum absolute atomic E-state index is 0.0461. The number of carbonyl (C=O) groups is 1. The molecule has 2 aliphatic heterocycles. The molecule has 0 amide bonds. The van der Waals surface area contributed by atoms with Gasteiger partial charge in [-0.15, -0.1) is 0 Å². The lowest BCUT2D eigenvalue weighted by Crippen LogP contribution is -2.44. The van der Waals surface area contributed by atoms with E-state index in [9.17, 15) is 4.79 Å². The normalized spacial score (nSPS) is 15.5. The zero-order valence-corrected chi connectivity index (χ0v) is 25.8. The number of halogens is 1. The highest BCUT2D eigenvalue weighted by atomic mass is 19.1. The maximum atomic E-state index is 15.3. The Labute approximate surface area is 264 Å². The molecule has 2 N–H and O–H groups in total. The number of likely N-dealkylation sites (N-methyl/N-ethyl adjacent to an activating group) is 1. The van der Waals surface area contributed by atoms with Crippen molar-refractivity contribution in [1.82, 2.24) is 14.9 Å². The molecule has 3 aromatic carbocycles. The number of ketones is 1. The van der Waals surface area contributed by atoms with E-state index < -0.39 is 0 Å². The molecular formula is C36H40FN7O. The van der Waals surface area contributed by atoms with Crippen LogP contribution in [-0.4, -0.2) is 67.0 Å². The van der Waals surface area contributed by atoms with Crippen molar-refractivity contribution in [3.63, 3.8) is 0 Å². The average molecular weight is 606 g/mol. The number of anilines is 6. The van der Waals surface area contributed by atoms with Gasteiger partial charge in [0.05, 0.1) is 11.4 Å². The number of benzene rings is 3. The predicted molar refractivity (Wildman–Crippen MR) is 182 cm³/mol. The Bertz CT molecular complexity index is 1660. The molecule has 1 aromatic heterocycles. The van der Waals surface area contributed by atoms with Crippen LogP contribution in [-0.2, 0) is 11.2 Å². The molecule has 4 aromatic rings. The Kier molecular flexibility index (Phi) is 9.35. The Morgan fingerprint density at radius 1 is 0.844 bits per heavy atom. The fourth-order valence-electron chi connectivity index (χ4n) is 5.93. The third-order valence-electron chi connectivity index (χ3n) is 8.44. The molecule has 0 bridgehead atoms. The van der Waals surface area contributed by atoms with Crippen LogP contribution >= 0.6 is 0 Å². The van der Waals surface area contributed by atoms with Gasteiger partial charge >= 0.3 is 0 Å². The first-order valence-corrected chi connectivity index (χ1v) is 15.7. The topological polar surface area (TPSA) is 76.6 Å². The second-order valence-corrected chi connectivity index (χ2v) is 11.8. The summed E-state index contributed by atoms with van der Waals surface area (Å²) in [5.41, 5.74) is 5.65. The van der Waals surface area contributed by atoms with E-state index in [0.29, 0.717) is 28.8 Å². The molecule has 6 rings (SSSR count). The van der Waals surface area contributed by atoms with E-state index in [0.717, 1.165) is 56.1 Å². The number of piperidine rings is 1. The average Bonchev–Trinajstić information content (AvgIpc) is 3.06. The number of hydrogen-bond acceptors (Lipinski definition) is 8. The summed E-state index contributed by atoms with van der Waals surface area (Å²) in [6.45, 7) is 9.10. The maximum Gasteiger partial charge on any atom is 0.229 e. The molecular weight excluding hydrogens is 565 g/mol. The standard InChI is InChI=1S/C36H40FN7O/c1-3-31(45)22-26-9-7-10-27(21-26)33-25-35(38-29-13-14-34(32(37)24-29)44-19-17-42(2)18-20-44)41-36(40-33)39-28-11-8-12-30(23-28)43-15-5-4-6-16-43/h3,7-14,21,23-25H,1,4-6,15-20,22H2,2H3,(H2,38,39,40,41). The van der Waals surface area contributed by atoms with Crippen molar-refractivity contribution in [3.05, 3.63) is 96.8 Å². The minimum Gasteiger partial charge on any atom is -0.371 e. The number of rotatable bonds is 10. The van der Waals surface area contributed by atoms with Crippen LogP contribution in [0.3, 0.4) is 0 Å². The predicted octanol–water partition coefficient (Wildman–Crippen LogP) is 6.81. The lowest BCUT2D eigenvalue weighted by Gasteiger charge is -2.34. The maximum absolute atomic E-state index is 15.3. The third-order valence-corrected chi connectivity index (χ3v) is 8.44. The van der Waals surface area contributed by atoms with Crippen LogP contribution in [0.4, 0.5) is 38.9 Å². The molecule has 0 radical (unpaired) electrons. The molecule has 9 heteroatoms. The van der Waals surface area contributed by atoms with Crippen molar-refractivity contribution in [3.8, 4) is 11.3 Å². The van der Waals surface area contributed by atoms with E-state index in [1.165, 1.54) is 37.1 Å². The summed E-state index contributed by atoms with van der Waals surface area (Å²) in [5.74, 6) is 0.614. The van der Waals surface area contributed by atoms with Crippen molar-refractivity contribution in [2.45, 2.75) is 25.7 Å². The Hall–Kier alpha value is -4.76. The van der Waals surface area contributed by atoms with Crippen molar-refractivity contribution in [2.75, 3.05) is 66.7 Å². The van der Waals surface area contributed by atoms with Crippen LogP contribution in [0.2, 0.25) is 0 Å². The van der Waals surface area contributed by atoms with Crippen molar-refractivity contribution in [2.24, 2.45) is 0 Å². The summed E-state index contributed by atoms with van der Waals surface area (Å²) >= 11 is 0. The zero-order valence-electron chi connectivity index (χ0n) is 25.8. The van der Waals surface area contributed by atoms with E-state index in [4.69, 9.17) is 9.97 Å². The molecule has 0 aliphatic carbocycles. The molecule has 0 unspecified atom stereocenters. The van der Waals surface area contributed by atoms with Gasteiger partial charge in [-0.3, -0.25) is 4.79 Å². The highest BCUT2D eigenvalue weighted by Gasteiger charge is 2.18. The fraction of sp³-hybridized carbons (Fsp3) is 0.306. The van der Waals surface area contributed by atoms with Gasteiger partial charge in [0.15, 0.2) is 5.78 Å². The van der Waals surface area contributed by atoms with Crippen molar-refractivity contribution < 1.29 is 9.18 Å². The van der Waals surface area contributed by atoms with Crippen LogP contribution in [0.15, 0.2) is 85.5 Å². The summed E-state index contributed by atoms with van der Waals surface area (Å²) in [7, 11) is 2.09. The molecule has 0 spiro atoms. The van der Waals surface area contributed by atoms with Gasteiger partial charge < -0.3 is 25.3 Å². The summed E-state index contributed by atoms with van der Waals surface area (Å²) in [5, 5.41) is 6.71. The van der Waals surface area contributed by atoms with Crippen LogP contribution in [0.5, 0.6) is 0 Å². The van der Waals surface area contributed by atoms with Gasteiger partial charge in [0.2, 0.25) is 5.95 Å². The first-order valence-electron chi connectivity index (χ1n) is 15.7. The zero-order chi connectivity index (χ0) is 31.2. The Morgan fingerprint density at radius 3 is 2.40 bits per heavy atom. The molecule has 232 valence electrons. The third kappa shape index (κ3) is 7.67. The molecule has 2 fully saturated rings. The summed E-state index contributed by atoms with van der Waals surface area (Å²) < 4.78 is 15.3. The second kappa shape index (κ2) is 13.9. The van der Waals surface area contributed by atoms with Crippen molar-refractivity contribution in [1.29, 1.82) is 0 Å². The van der Waals surface area contributed by atoms with Gasteiger partial charge in [0.1, 0.15) is 11.6 Å². The lowest BCUT2D eigenvalue weighted by atomic mass is 10.0. The molecule has 3 heterocycles. The van der Waals surface area contributed by atoms with Crippen LogP contribution in [0.1, 0.15) is 24.8 Å². The highest BCUT2D eigenvalue weighted by Crippen LogP contribution is 2.30. The minimum atomic E-state index is -0.272. The number of hydrogen-bond donors (Lipinski definition) is 2. The van der Waals surface area contributed by atoms with E-state index in [2.05, 4.69) is 51.1 Å². The number of allylic oxidation sites excluding steroid dienone is 1. The van der Waals surface area contributed by atoms with E-state index in [-0.39, 0.29) is 18.0 Å². The largest absolute Gasteiger partial charge is 0.371 e. The number of aromatic nitrogens is 2.